The van der Waals surface area contributed by atoms with Crippen LogP contribution < -0.4 is 5.43 Å². The largest absolute Gasteiger partial charge is 0.455 e. The highest BCUT2D eigenvalue weighted by Crippen LogP contribution is 2.32. The molecule has 0 amide bonds. The minimum atomic E-state index is -4.40. The molecule has 0 aliphatic heterocycles. The first-order valence-electron chi connectivity index (χ1n) is 8.00. The lowest BCUT2D eigenvalue weighted by molar-refractivity contribution is -0.137. The zero-order chi connectivity index (χ0) is 18.9. The minimum absolute atomic E-state index is 0.325. The number of H-pyrrole nitrogens is 1. The van der Waals surface area contributed by atoms with Crippen LogP contribution in [0.4, 0.5) is 19.1 Å². The topological polar surface area (TPSA) is 66.2 Å². The van der Waals surface area contributed by atoms with Gasteiger partial charge in [0.1, 0.15) is 11.5 Å². The van der Waals surface area contributed by atoms with E-state index in [-0.39, 0.29) is 0 Å². The molecule has 2 aromatic carbocycles. The van der Waals surface area contributed by atoms with Crippen molar-refractivity contribution in [3.8, 4) is 11.3 Å². The van der Waals surface area contributed by atoms with E-state index in [0.29, 0.717) is 23.0 Å². The molecular weight excluding hydrogens is 357 g/mol. The zero-order valence-electron chi connectivity index (χ0n) is 13.8. The molecule has 0 saturated carbocycles. The van der Waals surface area contributed by atoms with E-state index in [9.17, 15) is 13.2 Å². The SMILES string of the molecule is FC(F)(F)c1cccc(-c2ccc(/C=N\Nc3nc4ccccc4[nH]3)o2)c1. The molecule has 0 aliphatic rings. The number of rotatable bonds is 4. The molecule has 0 spiro atoms. The number of nitrogens with zero attached hydrogens (tertiary/aromatic N) is 2. The maximum Gasteiger partial charge on any atom is 0.416 e. The number of imidazole rings is 1. The van der Waals surface area contributed by atoms with E-state index in [1.165, 1.54) is 12.3 Å². The number of furan rings is 1. The van der Waals surface area contributed by atoms with Crippen molar-refractivity contribution in [1.29, 1.82) is 0 Å². The van der Waals surface area contributed by atoms with Crippen LogP contribution in [-0.2, 0) is 6.18 Å². The highest BCUT2D eigenvalue weighted by molar-refractivity contribution is 5.79. The number of alkyl halides is 3. The molecule has 2 aromatic heterocycles. The second-order valence-corrected chi connectivity index (χ2v) is 5.75. The Kier molecular flexibility index (Phi) is 4.15. The quantitative estimate of drug-likeness (QED) is 0.379. The lowest BCUT2D eigenvalue weighted by Gasteiger charge is -2.07. The van der Waals surface area contributed by atoms with Gasteiger partial charge in [0.05, 0.1) is 22.8 Å². The van der Waals surface area contributed by atoms with Gasteiger partial charge >= 0.3 is 6.18 Å². The Labute approximate surface area is 151 Å². The Balaban J connectivity index is 1.48. The average molecular weight is 370 g/mol. The first-order valence-corrected chi connectivity index (χ1v) is 8.00. The predicted octanol–water partition coefficient (Wildman–Crippen LogP) is 5.29. The average Bonchev–Trinajstić information content (AvgIpc) is 3.27. The third-order valence-electron chi connectivity index (χ3n) is 3.85. The van der Waals surface area contributed by atoms with Crippen LogP contribution in [0.25, 0.3) is 22.4 Å². The van der Waals surface area contributed by atoms with Gasteiger partial charge in [-0.3, -0.25) is 0 Å². The Bertz CT molecular complexity index is 1080. The summed E-state index contributed by atoms with van der Waals surface area (Å²) in [4.78, 5) is 7.37. The molecule has 0 atom stereocenters. The Morgan fingerprint density at radius 1 is 1.04 bits per heavy atom. The predicted molar refractivity (Wildman–Crippen MR) is 96.5 cm³/mol. The summed E-state index contributed by atoms with van der Waals surface area (Å²) in [6.07, 6.45) is -2.98. The minimum Gasteiger partial charge on any atom is -0.455 e. The lowest BCUT2D eigenvalue weighted by Crippen LogP contribution is -2.04. The number of hydrazone groups is 1. The van der Waals surface area contributed by atoms with E-state index in [2.05, 4.69) is 20.5 Å². The van der Waals surface area contributed by atoms with Gasteiger partial charge in [-0.25, -0.2) is 10.4 Å². The van der Waals surface area contributed by atoms with Crippen molar-refractivity contribution in [2.24, 2.45) is 5.10 Å². The van der Waals surface area contributed by atoms with E-state index in [1.807, 2.05) is 24.3 Å². The fourth-order valence-corrected chi connectivity index (χ4v) is 2.59. The summed E-state index contributed by atoms with van der Waals surface area (Å²) in [6, 6.07) is 15.7. The molecule has 5 nitrogen and oxygen atoms in total. The number of hydrogen-bond donors (Lipinski definition) is 2. The van der Waals surface area contributed by atoms with Gasteiger partial charge in [-0.2, -0.15) is 18.3 Å². The third-order valence-corrected chi connectivity index (χ3v) is 3.85. The molecule has 0 saturated heterocycles. The molecule has 4 aromatic rings. The molecule has 4 rings (SSSR count). The summed E-state index contributed by atoms with van der Waals surface area (Å²) < 4.78 is 44.0. The van der Waals surface area contributed by atoms with Crippen molar-refractivity contribution in [3.63, 3.8) is 0 Å². The number of nitrogens with one attached hydrogen (secondary N) is 2. The number of fused-ring (bicyclic) bond motifs is 1. The number of para-hydroxylation sites is 2. The number of benzene rings is 2. The van der Waals surface area contributed by atoms with Gasteiger partial charge in [-0.1, -0.05) is 24.3 Å². The van der Waals surface area contributed by atoms with Crippen molar-refractivity contribution in [2.75, 3.05) is 5.43 Å². The van der Waals surface area contributed by atoms with Crippen LogP contribution >= 0.6 is 0 Å². The molecular formula is C19H13F3N4O. The van der Waals surface area contributed by atoms with Gasteiger partial charge < -0.3 is 9.40 Å². The number of aromatic nitrogens is 2. The molecule has 0 aliphatic carbocycles. The fraction of sp³-hybridized carbons (Fsp3) is 0.0526. The summed E-state index contributed by atoms with van der Waals surface area (Å²) in [5.41, 5.74) is 4.05. The summed E-state index contributed by atoms with van der Waals surface area (Å²) >= 11 is 0. The molecule has 0 bridgehead atoms. The number of hydrogen-bond acceptors (Lipinski definition) is 4. The van der Waals surface area contributed by atoms with E-state index < -0.39 is 11.7 Å². The van der Waals surface area contributed by atoms with Crippen LogP contribution in [0.3, 0.4) is 0 Å². The van der Waals surface area contributed by atoms with Crippen molar-refractivity contribution >= 4 is 23.2 Å². The van der Waals surface area contributed by atoms with Gasteiger partial charge in [0.25, 0.3) is 0 Å². The summed E-state index contributed by atoms with van der Waals surface area (Å²) in [6.45, 7) is 0. The molecule has 0 unspecified atom stereocenters. The molecule has 8 heteroatoms. The molecule has 0 fully saturated rings. The van der Waals surface area contributed by atoms with Gasteiger partial charge in [0.15, 0.2) is 0 Å². The van der Waals surface area contributed by atoms with Crippen LogP contribution in [0.1, 0.15) is 11.3 Å². The first-order chi connectivity index (χ1) is 13.0. The summed E-state index contributed by atoms with van der Waals surface area (Å²) in [5, 5.41) is 4.03. The van der Waals surface area contributed by atoms with Crippen molar-refractivity contribution in [2.45, 2.75) is 6.18 Å². The number of aromatic amines is 1. The van der Waals surface area contributed by atoms with Crippen LogP contribution in [0.2, 0.25) is 0 Å². The first kappa shape index (κ1) is 16.9. The van der Waals surface area contributed by atoms with E-state index in [0.717, 1.165) is 23.2 Å². The van der Waals surface area contributed by atoms with E-state index in [4.69, 9.17) is 4.42 Å². The monoisotopic (exact) mass is 370 g/mol. The van der Waals surface area contributed by atoms with Gasteiger partial charge in [0.2, 0.25) is 5.95 Å². The molecule has 136 valence electrons. The Morgan fingerprint density at radius 2 is 1.89 bits per heavy atom. The van der Waals surface area contributed by atoms with Crippen molar-refractivity contribution in [3.05, 3.63) is 72.0 Å². The third kappa shape index (κ3) is 3.69. The lowest BCUT2D eigenvalue weighted by atomic mass is 10.1. The van der Waals surface area contributed by atoms with Crippen LogP contribution in [0.15, 0.2) is 70.2 Å². The smallest absolute Gasteiger partial charge is 0.416 e. The molecule has 2 N–H and O–H groups in total. The van der Waals surface area contributed by atoms with Crippen LogP contribution in [0.5, 0.6) is 0 Å². The molecule has 0 radical (unpaired) electrons. The molecule has 2 heterocycles. The standard InChI is InChI=1S/C19H13F3N4O/c20-19(21,22)13-5-3-4-12(10-13)17-9-8-14(27-17)11-23-26-18-24-15-6-1-2-7-16(15)25-18/h1-11H,(H2,24,25,26)/b23-11-. The number of anilines is 1. The van der Waals surface area contributed by atoms with Gasteiger partial charge in [0, 0.05) is 5.56 Å². The summed E-state index contributed by atoms with van der Waals surface area (Å²) in [7, 11) is 0. The van der Waals surface area contributed by atoms with Gasteiger partial charge in [-0.15, -0.1) is 0 Å². The second kappa shape index (κ2) is 6.64. The van der Waals surface area contributed by atoms with Crippen LogP contribution in [-0.4, -0.2) is 16.2 Å². The molecule has 27 heavy (non-hydrogen) atoms. The normalized spacial score (nSPS) is 12.1. The maximum atomic E-state index is 12.8. The Hall–Kier alpha value is -3.55. The van der Waals surface area contributed by atoms with Crippen molar-refractivity contribution in [1.82, 2.24) is 9.97 Å². The second-order valence-electron chi connectivity index (χ2n) is 5.75. The highest BCUT2D eigenvalue weighted by Gasteiger charge is 2.30. The zero-order valence-corrected chi connectivity index (χ0v) is 13.8. The van der Waals surface area contributed by atoms with Crippen LogP contribution in [0, 0.1) is 0 Å². The van der Waals surface area contributed by atoms with Crippen molar-refractivity contribution < 1.29 is 17.6 Å². The summed E-state index contributed by atoms with van der Waals surface area (Å²) in [5.74, 6) is 1.19. The number of halogens is 3. The van der Waals surface area contributed by atoms with E-state index >= 15 is 0 Å². The fourth-order valence-electron chi connectivity index (χ4n) is 2.59. The Morgan fingerprint density at radius 3 is 2.70 bits per heavy atom. The highest BCUT2D eigenvalue weighted by atomic mass is 19.4. The maximum absolute atomic E-state index is 12.8. The van der Waals surface area contributed by atoms with Gasteiger partial charge in [-0.05, 0) is 36.4 Å². The van der Waals surface area contributed by atoms with E-state index in [1.54, 1.807) is 18.2 Å².